The Labute approximate surface area is 163 Å². The van der Waals surface area contributed by atoms with E-state index in [0.717, 1.165) is 29.5 Å². The molecular formula is C20H21N3O4S. The highest BCUT2D eigenvalue weighted by Gasteiger charge is 2.28. The number of fused-ring (bicyclic) bond motifs is 1. The summed E-state index contributed by atoms with van der Waals surface area (Å²) in [5, 5.41) is 3.63. The monoisotopic (exact) mass is 399 g/mol. The lowest BCUT2D eigenvalue weighted by molar-refractivity contribution is 0.102. The number of benzene rings is 2. The van der Waals surface area contributed by atoms with Gasteiger partial charge in [-0.25, -0.2) is 13.1 Å². The molecule has 0 spiro atoms. The molecule has 3 N–H and O–H groups in total. The molecule has 1 aromatic heterocycles. The zero-order chi connectivity index (χ0) is 19.7. The number of amides is 1. The fraction of sp³-hybridized carbons (Fsp3) is 0.250. The summed E-state index contributed by atoms with van der Waals surface area (Å²) in [5.74, 6) is 0.378. The van der Waals surface area contributed by atoms with Gasteiger partial charge in [0, 0.05) is 28.7 Å². The largest absolute Gasteiger partial charge is 0.494 e. The first-order valence-electron chi connectivity index (χ1n) is 9.14. The van der Waals surface area contributed by atoms with Crippen molar-refractivity contribution in [3.8, 4) is 5.75 Å². The molecule has 0 saturated heterocycles. The summed E-state index contributed by atoms with van der Waals surface area (Å²) in [5.41, 5.74) is 1.59. The molecular weight excluding hydrogens is 378 g/mol. The molecule has 1 fully saturated rings. The molecule has 2 aromatic carbocycles. The van der Waals surface area contributed by atoms with Crippen molar-refractivity contribution < 1.29 is 17.9 Å². The fourth-order valence-corrected chi connectivity index (χ4v) is 4.26. The zero-order valence-corrected chi connectivity index (χ0v) is 16.2. The molecule has 1 amide bonds. The Bertz CT molecular complexity index is 1130. The lowest BCUT2D eigenvalue weighted by atomic mass is 10.2. The third-order valence-electron chi connectivity index (χ3n) is 4.45. The Balaban J connectivity index is 1.53. The van der Waals surface area contributed by atoms with Gasteiger partial charge in [-0.2, -0.15) is 0 Å². The number of ether oxygens (including phenoxy) is 1. The van der Waals surface area contributed by atoms with E-state index in [4.69, 9.17) is 4.74 Å². The van der Waals surface area contributed by atoms with Gasteiger partial charge in [-0.3, -0.25) is 4.79 Å². The topological polar surface area (TPSA) is 100 Å². The molecule has 0 bridgehead atoms. The van der Waals surface area contributed by atoms with Crippen LogP contribution in [0.15, 0.2) is 53.4 Å². The smallest absolute Gasteiger partial charge is 0.272 e. The van der Waals surface area contributed by atoms with E-state index in [1.165, 1.54) is 12.1 Å². The van der Waals surface area contributed by atoms with Gasteiger partial charge in [0.15, 0.2) is 0 Å². The van der Waals surface area contributed by atoms with Crippen LogP contribution in [0.1, 0.15) is 30.3 Å². The summed E-state index contributed by atoms with van der Waals surface area (Å²) in [6.45, 7) is 2.47. The minimum absolute atomic E-state index is 0.0242. The van der Waals surface area contributed by atoms with Crippen molar-refractivity contribution in [2.75, 3.05) is 11.9 Å². The second kappa shape index (κ2) is 7.29. The number of carbonyl (C=O) groups excluding carboxylic acids is 1. The molecule has 1 aliphatic carbocycles. The van der Waals surface area contributed by atoms with Crippen LogP contribution in [0.3, 0.4) is 0 Å². The van der Waals surface area contributed by atoms with Crippen LogP contribution in [0.25, 0.3) is 10.9 Å². The van der Waals surface area contributed by atoms with E-state index in [2.05, 4.69) is 15.0 Å². The maximum absolute atomic E-state index is 12.6. The van der Waals surface area contributed by atoms with Gasteiger partial charge >= 0.3 is 0 Å². The highest BCUT2D eigenvalue weighted by Crippen LogP contribution is 2.24. The lowest BCUT2D eigenvalue weighted by Crippen LogP contribution is -2.25. The highest BCUT2D eigenvalue weighted by molar-refractivity contribution is 7.89. The Hall–Kier alpha value is -2.84. The minimum atomic E-state index is -3.57. The van der Waals surface area contributed by atoms with Crippen LogP contribution in [0.5, 0.6) is 5.75 Å². The first-order valence-corrected chi connectivity index (χ1v) is 10.6. The Morgan fingerprint density at radius 2 is 2.00 bits per heavy atom. The number of sulfonamides is 1. The average Bonchev–Trinajstić information content (AvgIpc) is 3.36. The van der Waals surface area contributed by atoms with Crippen LogP contribution in [-0.2, 0) is 10.0 Å². The summed E-state index contributed by atoms with van der Waals surface area (Å²) in [6, 6.07) is 13.6. The average molecular weight is 399 g/mol. The molecule has 146 valence electrons. The van der Waals surface area contributed by atoms with E-state index in [1.54, 1.807) is 18.2 Å². The van der Waals surface area contributed by atoms with Gasteiger partial charge in [-0.05, 0) is 56.2 Å². The van der Waals surface area contributed by atoms with Gasteiger partial charge in [0.1, 0.15) is 11.4 Å². The van der Waals surface area contributed by atoms with E-state index < -0.39 is 10.0 Å². The maximum Gasteiger partial charge on any atom is 0.272 e. The minimum Gasteiger partial charge on any atom is -0.494 e. The maximum atomic E-state index is 12.6. The standard InChI is InChI=1S/C20H21N3O4S/c1-2-27-16-9-6-13-10-19(22-18(13)12-16)20(24)21-15-4-3-5-17(11-15)28(25,26)23-14-7-8-14/h3-6,9-12,14,22-23H,2,7-8H2,1H3,(H,21,24). The predicted octanol–water partition coefficient (Wildman–Crippen LogP) is 3.26. The van der Waals surface area contributed by atoms with E-state index in [1.807, 2.05) is 25.1 Å². The molecule has 3 aromatic rings. The van der Waals surface area contributed by atoms with Crippen LogP contribution < -0.4 is 14.8 Å². The van der Waals surface area contributed by atoms with Crippen LogP contribution in [-0.4, -0.2) is 32.0 Å². The molecule has 4 rings (SSSR count). The van der Waals surface area contributed by atoms with Crippen LogP contribution in [0, 0.1) is 0 Å². The van der Waals surface area contributed by atoms with Crippen molar-refractivity contribution in [2.45, 2.75) is 30.7 Å². The lowest BCUT2D eigenvalue weighted by Gasteiger charge is -2.08. The van der Waals surface area contributed by atoms with Gasteiger partial charge < -0.3 is 15.0 Å². The van der Waals surface area contributed by atoms with Crippen LogP contribution >= 0.6 is 0 Å². The molecule has 0 radical (unpaired) electrons. The number of anilines is 1. The second-order valence-corrected chi connectivity index (χ2v) is 8.46. The van der Waals surface area contributed by atoms with E-state index in [9.17, 15) is 13.2 Å². The number of hydrogen-bond donors (Lipinski definition) is 3. The molecule has 1 heterocycles. The summed E-state index contributed by atoms with van der Waals surface area (Å²) < 4.78 is 32.8. The molecule has 1 saturated carbocycles. The van der Waals surface area contributed by atoms with Crippen molar-refractivity contribution in [3.63, 3.8) is 0 Å². The summed E-state index contributed by atoms with van der Waals surface area (Å²) in [7, 11) is -3.57. The summed E-state index contributed by atoms with van der Waals surface area (Å²) in [6.07, 6.45) is 1.72. The predicted molar refractivity (Wildman–Crippen MR) is 107 cm³/mol. The Kier molecular flexibility index (Phi) is 4.82. The molecule has 8 heteroatoms. The van der Waals surface area contributed by atoms with Crippen molar-refractivity contribution in [2.24, 2.45) is 0 Å². The SMILES string of the molecule is CCOc1ccc2cc(C(=O)Nc3cccc(S(=O)(=O)NC4CC4)c3)[nH]c2c1. The van der Waals surface area contributed by atoms with Gasteiger partial charge in [-0.1, -0.05) is 6.07 Å². The molecule has 0 unspecified atom stereocenters. The summed E-state index contributed by atoms with van der Waals surface area (Å²) in [4.78, 5) is 15.8. The zero-order valence-electron chi connectivity index (χ0n) is 15.4. The fourth-order valence-electron chi connectivity index (χ4n) is 2.91. The van der Waals surface area contributed by atoms with Crippen molar-refractivity contribution in [3.05, 3.63) is 54.2 Å². The Morgan fingerprint density at radius 3 is 2.75 bits per heavy atom. The third-order valence-corrected chi connectivity index (χ3v) is 5.97. The third kappa shape index (κ3) is 4.02. The molecule has 28 heavy (non-hydrogen) atoms. The second-order valence-electron chi connectivity index (χ2n) is 6.74. The van der Waals surface area contributed by atoms with Gasteiger partial charge in [0.25, 0.3) is 5.91 Å². The number of rotatable bonds is 7. The first kappa shape index (κ1) is 18.5. The summed E-state index contributed by atoms with van der Waals surface area (Å²) >= 11 is 0. The number of aromatic nitrogens is 1. The highest BCUT2D eigenvalue weighted by atomic mass is 32.2. The number of hydrogen-bond acceptors (Lipinski definition) is 4. The molecule has 0 aliphatic heterocycles. The quantitative estimate of drug-likeness (QED) is 0.568. The first-order chi connectivity index (χ1) is 13.4. The molecule has 1 aliphatic rings. The molecule has 0 atom stereocenters. The molecule has 7 nitrogen and oxygen atoms in total. The van der Waals surface area contributed by atoms with E-state index in [0.29, 0.717) is 18.0 Å². The number of carbonyl (C=O) groups is 1. The normalized spacial score (nSPS) is 14.2. The van der Waals surface area contributed by atoms with Gasteiger partial charge in [0.05, 0.1) is 11.5 Å². The van der Waals surface area contributed by atoms with Crippen molar-refractivity contribution in [1.29, 1.82) is 0 Å². The van der Waals surface area contributed by atoms with Gasteiger partial charge in [-0.15, -0.1) is 0 Å². The number of aromatic amines is 1. The van der Waals surface area contributed by atoms with E-state index in [-0.39, 0.29) is 16.8 Å². The van der Waals surface area contributed by atoms with Crippen molar-refractivity contribution >= 4 is 32.5 Å². The number of nitrogens with one attached hydrogen (secondary N) is 3. The van der Waals surface area contributed by atoms with Gasteiger partial charge in [0.2, 0.25) is 10.0 Å². The Morgan fingerprint density at radius 1 is 1.18 bits per heavy atom. The number of H-pyrrole nitrogens is 1. The van der Waals surface area contributed by atoms with Crippen molar-refractivity contribution in [1.82, 2.24) is 9.71 Å². The van der Waals surface area contributed by atoms with E-state index >= 15 is 0 Å². The van der Waals surface area contributed by atoms with Crippen LogP contribution in [0.4, 0.5) is 5.69 Å². The van der Waals surface area contributed by atoms with Crippen LogP contribution in [0.2, 0.25) is 0 Å².